The Hall–Kier alpha value is -4.06. The van der Waals surface area contributed by atoms with Gasteiger partial charge in [0.2, 0.25) is 0 Å². The summed E-state index contributed by atoms with van der Waals surface area (Å²) in [6.45, 7) is 4.26. The van der Waals surface area contributed by atoms with Crippen molar-refractivity contribution in [3.05, 3.63) is 102 Å². The number of hydrogen-bond acceptors (Lipinski definition) is 4. The zero-order chi connectivity index (χ0) is 22.5. The Labute approximate surface area is 186 Å². The number of halogens is 1. The van der Waals surface area contributed by atoms with Crippen LogP contribution in [0.1, 0.15) is 35.7 Å². The first-order chi connectivity index (χ1) is 15.5. The lowest BCUT2D eigenvalue weighted by Crippen LogP contribution is -2.12. The Balaban J connectivity index is 1.48. The molecule has 1 amide bonds. The van der Waals surface area contributed by atoms with Crippen LogP contribution in [0.25, 0.3) is 11.3 Å². The number of aromatic nitrogens is 2. The van der Waals surface area contributed by atoms with Crippen LogP contribution in [0.15, 0.2) is 85.2 Å². The molecule has 5 nitrogen and oxygen atoms in total. The quantitative estimate of drug-likeness (QED) is 0.374. The first-order valence-electron chi connectivity index (χ1n) is 10.3. The summed E-state index contributed by atoms with van der Waals surface area (Å²) in [6.07, 6.45) is 1.42. The van der Waals surface area contributed by atoms with Gasteiger partial charge in [-0.05, 0) is 53.9 Å². The van der Waals surface area contributed by atoms with E-state index in [-0.39, 0.29) is 11.7 Å². The third-order valence-electron chi connectivity index (χ3n) is 5.02. The topological polar surface area (TPSA) is 66.9 Å². The number of benzene rings is 3. The van der Waals surface area contributed by atoms with Crippen molar-refractivity contribution in [1.29, 1.82) is 0 Å². The Morgan fingerprint density at radius 2 is 1.66 bits per heavy atom. The largest absolute Gasteiger partial charge is 0.340 e. The molecule has 0 atom stereocenters. The summed E-state index contributed by atoms with van der Waals surface area (Å²) in [5, 5.41) is 6.11. The second-order valence-electron chi connectivity index (χ2n) is 7.74. The maximum Gasteiger partial charge on any atom is 0.255 e. The lowest BCUT2D eigenvalue weighted by Gasteiger charge is -2.10. The number of nitrogens with zero attached hydrogens (tertiary/aromatic N) is 2. The van der Waals surface area contributed by atoms with Crippen LogP contribution < -0.4 is 10.6 Å². The number of rotatable bonds is 6. The molecule has 0 saturated heterocycles. The molecular weight excluding hydrogens is 403 g/mol. The Morgan fingerprint density at radius 1 is 0.875 bits per heavy atom. The molecule has 0 bridgehead atoms. The van der Waals surface area contributed by atoms with Gasteiger partial charge in [0.05, 0.1) is 5.69 Å². The van der Waals surface area contributed by atoms with E-state index < -0.39 is 0 Å². The van der Waals surface area contributed by atoms with Gasteiger partial charge in [0.15, 0.2) is 0 Å². The normalized spacial score (nSPS) is 10.8. The first kappa shape index (κ1) is 21.2. The third kappa shape index (κ3) is 5.16. The maximum absolute atomic E-state index is 13.5. The predicted molar refractivity (Wildman–Crippen MR) is 126 cm³/mol. The fourth-order valence-electron chi connectivity index (χ4n) is 3.27. The van der Waals surface area contributed by atoms with Gasteiger partial charge in [0, 0.05) is 28.6 Å². The van der Waals surface area contributed by atoms with Crippen LogP contribution in [0.4, 0.5) is 21.6 Å². The van der Waals surface area contributed by atoms with Gasteiger partial charge in [-0.15, -0.1) is 0 Å². The molecule has 32 heavy (non-hydrogen) atoms. The maximum atomic E-state index is 13.5. The van der Waals surface area contributed by atoms with E-state index in [9.17, 15) is 9.18 Å². The van der Waals surface area contributed by atoms with Crippen LogP contribution in [-0.4, -0.2) is 15.9 Å². The molecule has 3 aromatic carbocycles. The van der Waals surface area contributed by atoms with E-state index in [4.69, 9.17) is 0 Å². The summed E-state index contributed by atoms with van der Waals surface area (Å²) in [6, 6.07) is 23.0. The minimum absolute atomic E-state index is 0.200. The molecular formula is C26H23FN4O. The van der Waals surface area contributed by atoms with E-state index in [2.05, 4.69) is 34.4 Å². The molecule has 0 radical (unpaired) electrons. The molecule has 6 heteroatoms. The zero-order valence-electron chi connectivity index (χ0n) is 17.8. The van der Waals surface area contributed by atoms with Crippen molar-refractivity contribution in [3.8, 4) is 11.3 Å². The van der Waals surface area contributed by atoms with Gasteiger partial charge in [0.25, 0.3) is 5.91 Å². The van der Waals surface area contributed by atoms with E-state index in [1.165, 1.54) is 24.0 Å². The number of nitrogens with one attached hydrogen (secondary N) is 2. The van der Waals surface area contributed by atoms with E-state index >= 15 is 0 Å². The fourth-order valence-corrected chi connectivity index (χ4v) is 3.27. The van der Waals surface area contributed by atoms with Gasteiger partial charge < -0.3 is 10.6 Å². The summed E-state index contributed by atoms with van der Waals surface area (Å²) in [7, 11) is 0. The number of carbonyl (C=O) groups is 1. The third-order valence-corrected chi connectivity index (χ3v) is 5.02. The average Bonchev–Trinajstić information content (AvgIpc) is 2.80. The summed E-state index contributed by atoms with van der Waals surface area (Å²) < 4.78 is 13.5. The van der Waals surface area contributed by atoms with Gasteiger partial charge in [-0.2, -0.15) is 0 Å². The van der Waals surface area contributed by atoms with Crippen LogP contribution in [0.3, 0.4) is 0 Å². The molecule has 0 aliphatic carbocycles. The summed E-state index contributed by atoms with van der Waals surface area (Å²) in [4.78, 5) is 21.2. The lowest BCUT2D eigenvalue weighted by molar-refractivity contribution is 0.102. The Bertz CT molecular complexity index is 1240. The van der Waals surface area contributed by atoms with E-state index in [1.54, 1.807) is 36.4 Å². The first-order valence-corrected chi connectivity index (χ1v) is 10.3. The van der Waals surface area contributed by atoms with E-state index in [1.807, 2.05) is 30.3 Å². The lowest BCUT2D eigenvalue weighted by atomic mass is 10.0. The number of amides is 1. The molecule has 160 valence electrons. The Morgan fingerprint density at radius 3 is 2.41 bits per heavy atom. The summed E-state index contributed by atoms with van der Waals surface area (Å²) >= 11 is 0. The summed E-state index contributed by atoms with van der Waals surface area (Å²) in [5.74, 6) is 0.453. The van der Waals surface area contributed by atoms with Crippen LogP contribution >= 0.6 is 0 Å². The number of anilines is 3. The molecule has 4 aromatic rings. The van der Waals surface area contributed by atoms with Crippen molar-refractivity contribution < 1.29 is 9.18 Å². The molecule has 0 spiro atoms. The second-order valence-corrected chi connectivity index (χ2v) is 7.74. The minimum atomic E-state index is -0.326. The fraction of sp³-hybridized carbons (Fsp3) is 0.115. The molecule has 0 saturated carbocycles. The SMILES string of the molecule is CC(C)c1ccc(NC(=O)c2cccc(Nc3cc(-c4cccc(F)c4)ncn3)c2)cc1. The van der Waals surface area contributed by atoms with Gasteiger partial charge in [-0.25, -0.2) is 14.4 Å². The predicted octanol–water partition coefficient (Wildman–Crippen LogP) is 6.40. The van der Waals surface area contributed by atoms with Crippen LogP contribution in [0.2, 0.25) is 0 Å². The number of hydrogen-bond donors (Lipinski definition) is 2. The van der Waals surface area contributed by atoms with Gasteiger partial charge >= 0.3 is 0 Å². The molecule has 2 N–H and O–H groups in total. The molecule has 0 unspecified atom stereocenters. The highest BCUT2D eigenvalue weighted by molar-refractivity contribution is 6.04. The Kier molecular flexibility index (Phi) is 6.22. The zero-order valence-corrected chi connectivity index (χ0v) is 17.8. The molecule has 0 fully saturated rings. The molecule has 1 aromatic heterocycles. The number of carbonyl (C=O) groups excluding carboxylic acids is 1. The summed E-state index contributed by atoms with van der Waals surface area (Å²) in [5.41, 5.74) is 4.44. The van der Waals surface area contributed by atoms with E-state index in [0.29, 0.717) is 34.2 Å². The van der Waals surface area contributed by atoms with Crippen molar-refractivity contribution in [2.45, 2.75) is 19.8 Å². The van der Waals surface area contributed by atoms with E-state index in [0.717, 1.165) is 5.69 Å². The van der Waals surface area contributed by atoms with Crippen molar-refractivity contribution in [2.75, 3.05) is 10.6 Å². The molecule has 4 rings (SSSR count). The van der Waals surface area contributed by atoms with Crippen molar-refractivity contribution in [1.82, 2.24) is 9.97 Å². The molecule has 0 aliphatic heterocycles. The monoisotopic (exact) mass is 426 g/mol. The van der Waals surface area contributed by atoms with Crippen molar-refractivity contribution in [3.63, 3.8) is 0 Å². The average molecular weight is 426 g/mol. The highest BCUT2D eigenvalue weighted by Crippen LogP contribution is 2.23. The van der Waals surface area contributed by atoms with Gasteiger partial charge in [-0.1, -0.05) is 44.2 Å². The van der Waals surface area contributed by atoms with Crippen LogP contribution in [0.5, 0.6) is 0 Å². The standard InChI is InChI=1S/C26H23FN4O/c1-17(2)18-9-11-22(12-10-18)31-26(32)20-6-4-8-23(14-20)30-25-15-24(28-16-29-25)19-5-3-7-21(27)13-19/h3-17H,1-2H3,(H,31,32)(H,28,29,30). The molecule has 0 aliphatic rings. The van der Waals surface area contributed by atoms with Crippen LogP contribution in [0, 0.1) is 5.82 Å². The van der Waals surface area contributed by atoms with Crippen LogP contribution in [-0.2, 0) is 0 Å². The van der Waals surface area contributed by atoms with Gasteiger partial charge in [-0.3, -0.25) is 4.79 Å². The van der Waals surface area contributed by atoms with Crippen molar-refractivity contribution in [2.24, 2.45) is 0 Å². The molecule has 1 heterocycles. The second kappa shape index (κ2) is 9.39. The minimum Gasteiger partial charge on any atom is -0.340 e. The van der Waals surface area contributed by atoms with Gasteiger partial charge in [0.1, 0.15) is 18.0 Å². The smallest absolute Gasteiger partial charge is 0.255 e. The highest BCUT2D eigenvalue weighted by Gasteiger charge is 2.09. The highest BCUT2D eigenvalue weighted by atomic mass is 19.1. The van der Waals surface area contributed by atoms with Crippen molar-refractivity contribution >= 4 is 23.1 Å².